The minimum absolute atomic E-state index is 0.0287. The highest BCUT2D eigenvalue weighted by atomic mass is 32.2. The maximum absolute atomic E-state index is 12.1. The minimum Gasteiger partial charge on any atom is -0.346 e. The second-order valence-corrected chi connectivity index (χ2v) is 7.68. The van der Waals surface area contributed by atoms with Crippen LogP contribution in [0.2, 0.25) is 0 Å². The molecule has 138 valence electrons. The number of amides is 2. The molecule has 26 heavy (non-hydrogen) atoms. The van der Waals surface area contributed by atoms with Crippen LogP contribution >= 0.6 is 11.8 Å². The zero-order chi connectivity index (χ0) is 19.3. The summed E-state index contributed by atoms with van der Waals surface area (Å²) >= 11 is 1.47. The Balaban J connectivity index is 1.81. The van der Waals surface area contributed by atoms with Gasteiger partial charge in [-0.25, -0.2) is 0 Å². The molecular formula is C21H26N2O2S. The van der Waals surface area contributed by atoms with Crippen molar-refractivity contribution in [2.75, 3.05) is 17.6 Å². The average Bonchev–Trinajstić information content (AvgIpc) is 2.57. The minimum atomic E-state index is -0.218. The molecule has 0 bridgehead atoms. The quantitative estimate of drug-likeness (QED) is 0.754. The van der Waals surface area contributed by atoms with Crippen LogP contribution in [0.4, 0.5) is 5.69 Å². The Bertz CT molecular complexity index is 808. The van der Waals surface area contributed by atoms with Gasteiger partial charge in [0.2, 0.25) is 11.8 Å². The van der Waals surface area contributed by atoms with Gasteiger partial charge >= 0.3 is 0 Å². The smallest absolute Gasteiger partial charge is 0.243 e. The lowest BCUT2D eigenvalue weighted by Gasteiger charge is -2.13. The fourth-order valence-corrected chi connectivity index (χ4v) is 3.57. The molecule has 0 radical (unpaired) electrons. The SMILES string of the molecule is Cc1cc(C)c(NC(=O)CNC(=O)CSc2ccc(C)c(C)c2)c(C)c1. The van der Waals surface area contributed by atoms with Gasteiger partial charge in [0.25, 0.3) is 0 Å². The van der Waals surface area contributed by atoms with E-state index in [1.165, 1.54) is 22.9 Å². The molecule has 0 atom stereocenters. The molecule has 0 spiro atoms. The average molecular weight is 371 g/mol. The van der Waals surface area contributed by atoms with Gasteiger partial charge in [0, 0.05) is 10.6 Å². The highest BCUT2D eigenvalue weighted by Gasteiger charge is 2.10. The molecule has 2 aromatic rings. The zero-order valence-electron chi connectivity index (χ0n) is 16.0. The monoisotopic (exact) mass is 370 g/mol. The van der Waals surface area contributed by atoms with Gasteiger partial charge in [-0.2, -0.15) is 0 Å². The van der Waals surface area contributed by atoms with Crippen molar-refractivity contribution in [3.05, 3.63) is 58.1 Å². The maximum Gasteiger partial charge on any atom is 0.243 e. The first kappa shape index (κ1) is 20.0. The van der Waals surface area contributed by atoms with E-state index in [2.05, 4.69) is 36.6 Å². The first-order chi connectivity index (χ1) is 12.3. The van der Waals surface area contributed by atoms with Crippen LogP contribution in [0.5, 0.6) is 0 Å². The number of carbonyl (C=O) groups is 2. The Morgan fingerprint density at radius 2 is 1.50 bits per heavy atom. The molecule has 2 N–H and O–H groups in total. The third-order valence-corrected chi connectivity index (χ3v) is 5.23. The van der Waals surface area contributed by atoms with Gasteiger partial charge < -0.3 is 10.6 Å². The number of hydrogen-bond acceptors (Lipinski definition) is 3. The molecule has 0 aliphatic carbocycles. The van der Waals surface area contributed by atoms with Crippen LogP contribution < -0.4 is 10.6 Å². The second-order valence-electron chi connectivity index (χ2n) is 6.63. The lowest BCUT2D eigenvalue weighted by Crippen LogP contribution is -2.34. The number of hydrogen-bond donors (Lipinski definition) is 2. The fraction of sp³-hybridized carbons (Fsp3) is 0.333. The van der Waals surface area contributed by atoms with Gasteiger partial charge in [0.15, 0.2) is 0 Å². The van der Waals surface area contributed by atoms with E-state index in [1.54, 1.807) is 0 Å². The predicted molar refractivity (Wildman–Crippen MR) is 109 cm³/mol. The van der Waals surface area contributed by atoms with Gasteiger partial charge in [-0.15, -0.1) is 11.8 Å². The standard InChI is InChI=1S/C21H26N2O2S/c1-13-8-16(4)21(17(5)9-13)23-19(24)11-22-20(25)12-26-18-7-6-14(2)15(3)10-18/h6-10H,11-12H2,1-5H3,(H,22,25)(H,23,24). The number of aryl methyl sites for hydroxylation is 5. The highest BCUT2D eigenvalue weighted by molar-refractivity contribution is 8.00. The summed E-state index contributed by atoms with van der Waals surface area (Å²) < 4.78 is 0. The molecule has 5 heteroatoms. The van der Waals surface area contributed by atoms with Crippen LogP contribution in [0, 0.1) is 34.6 Å². The van der Waals surface area contributed by atoms with Crippen molar-refractivity contribution in [3.63, 3.8) is 0 Å². The van der Waals surface area contributed by atoms with Gasteiger partial charge in [-0.05, 0) is 69.0 Å². The molecule has 2 amide bonds. The molecule has 0 aliphatic rings. The van der Waals surface area contributed by atoms with Crippen molar-refractivity contribution in [3.8, 4) is 0 Å². The van der Waals surface area contributed by atoms with Gasteiger partial charge in [-0.1, -0.05) is 23.8 Å². The van der Waals surface area contributed by atoms with Gasteiger partial charge in [-0.3, -0.25) is 9.59 Å². The summed E-state index contributed by atoms with van der Waals surface area (Å²) in [7, 11) is 0. The van der Waals surface area contributed by atoms with Crippen molar-refractivity contribution in [2.45, 2.75) is 39.5 Å². The normalized spacial score (nSPS) is 10.5. The van der Waals surface area contributed by atoms with Crippen LogP contribution in [0.1, 0.15) is 27.8 Å². The van der Waals surface area contributed by atoms with E-state index < -0.39 is 0 Å². The zero-order valence-corrected chi connectivity index (χ0v) is 16.8. The van der Waals surface area contributed by atoms with Crippen molar-refractivity contribution in [2.24, 2.45) is 0 Å². The van der Waals surface area contributed by atoms with Crippen LogP contribution in [-0.4, -0.2) is 24.1 Å². The number of anilines is 1. The van der Waals surface area contributed by atoms with Crippen molar-refractivity contribution >= 4 is 29.3 Å². The fourth-order valence-electron chi connectivity index (χ4n) is 2.74. The molecule has 2 rings (SSSR count). The molecule has 0 saturated carbocycles. The number of rotatable bonds is 6. The highest BCUT2D eigenvalue weighted by Crippen LogP contribution is 2.22. The number of thioether (sulfide) groups is 1. The molecule has 0 saturated heterocycles. The number of nitrogens with one attached hydrogen (secondary N) is 2. The predicted octanol–water partition coefficient (Wildman–Crippen LogP) is 4.08. The third kappa shape index (κ3) is 5.63. The first-order valence-electron chi connectivity index (χ1n) is 8.60. The summed E-state index contributed by atoms with van der Waals surface area (Å²) in [4.78, 5) is 25.2. The van der Waals surface area contributed by atoms with Crippen molar-refractivity contribution in [1.82, 2.24) is 5.32 Å². The van der Waals surface area contributed by atoms with Crippen molar-refractivity contribution in [1.29, 1.82) is 0 Å². The van der Waals surface area contributed by atoms with E-state index in [4.69, 9.17) is 0 Å². The van der Waals surface area contributed by atoms with E-state index in [-0.39, 0.29) is 18.4 Å². The summed E-state index contributed by atoms with van der Waals surface area (Å²) in [5.41, 5.74) is 6.46. The Kier molecular flexibility index (Phi) is 6.86. The summed E-state index contributed by atoms with van der Waals surface area (Å²) in [5.74, 6) is -0.0800. The molecule has 0 unspecified atom stereocenters. The van der Waals surface area contributed by atoms with Gasteiger partial charge in [0.05, 0.1) is 12.3 Å². The lowest BCUT2D eigenvalue weighted by atomic mass is 10.1. The topological polar surface area (TPSA) is 58.2 Å². The van der Waals surface area contributed by atoms with Crippen LogP contribution in [-0.2, 0) is 9.59 Å². The third-order valence-electron chi connectivity index (χ3n) is 4.24. The maximum atomic E-state index is 12.1. The number of carbonyl (C=O) groups excluding carboxylic acids is 2. The van der Waals surface area contributed by atoms with E-state index in [0.29, 0.717) is 5.75 Å². The molecule has 0 aromatic heterocycles. The Hall–Kier alpha value is -2.27. The molecule has 2 aromatic carbocycles. The summed E-state index contributed by atoms with van der Waals surface area (Å²) in [6.07, 6.45) is 0. The van der Waals surface area contributed by atoms with Crippen LogP contribution in [0.3, 0.4) is 0 Å². The first-order valence-corrected chi connectivity index (χ1v) is 9.59. The summed E-state index contributed by atoms with van der Waals surface area (Å²) in [5, 5.41) is 5.57. The van der Waals surface area contributed by atoms with E-state index in [0.717, 1.165) is 27.3 Å². The lowest BCUT2D eigenvalue weighted by molar-refractivity contribution is -0.122. The van der Waals surface area contributed by atoms with Crippen molar-refractivity contribution < 1.29 is 9.59 Å². The van der Waals surface area contributed by atoms with E-state index in [1.807, 2.05) is 39.0 Å². The molecule has 0 aliphatic heterocycles. The molecule has 0 heterocycles. The molecular weight excluding hydrogens is 344 g/mol. The molecule has 0 fully saturated rings. The summed E-state index contributed by atoms with van der Waals surface area (Å²) in [6.45, 7) is 10.0. The van der Waals surface area contributed by atoms with Crippen LogP contribution in [0.25, 0.3) is 0 Å². The van der Waals surface area contributed by atoms with Crippen LogP contribution in [0.15, 0.2) is 35.2 Å². The largest absolute Gasteiger partial charge is 0.346 e. The Labute approximate surface area is 159 Å². The second kappa shape index (κ2) is 8.90. The Morgan fingerprint density at radius 1 is 0.846 bits per heavy atom. The van der Waals surface area contributed by atoms with Gasteiger partial charge in [0.1, 0.15) is 0 Å². The Morgan fingerprint density at radius 3 is 2.12 bits per heavy atom. The van der Waals surface area contributed by atoms with E-state index in [9.17, 15) is 9.59 Å². The molecule has 4 nitrogen and oxygen atoms in total. The number of benzene rings is 2. The summed E-state index contributed by atoms with van der Waals surface area (Å²) in [6, 6.07) is 10.2. The van der Waals surface area contributed by atoms with E-state index >= 15 is 0 Å².